The fraction of sp³-hybridized carbons (Fsp3) is 0.429. The van der Waals surface area contributed by atoms with Crippen LogP contribution in [0.5, 0.6) is 0 Å². The Morgan fingerprint density at radius 3 is 2.75 bits per heavy atom. The van der Waals surface area contributed by atoms with Gasteiger partial charge < -0.3 is 5.32 Å². The third-order valence-electron chi connectivity index (χ3n) is 2.51. The third kappa shape index (κ3) is 3.67. The minimum Gasteiger partial charge on any atom is -0.309 e. The molecule has 1 atom stereocenters. The van der Waals surface area contributed by atoms with Gasteiger partial charge in [0.15, 0.2) is 0 Å². The van der Waals surface area contributed by atoms with Crippen molar-refractivity contribution in [2.45, 2.75) is 32.7 Å². The molecule has 0 fully saturated rings. The molecule has 1 rings (SSSR count). The molecule has 0 aliphatic heterocycles. The molecule has 2 heteroatoms. The Labute approximate surface area is 97.1 Å². The quantitative estimate of drug-likeness (QED) is 0.592. The number of halogens is 1. The molecule has 0 bridgehead atoms. The maximum absolute atomic E-state index is 13.5. The molecule has 0 radical (unpaired) electrons. The Kier molecular flexibility index (Phi) is 5.60. The van der Waals surface area contributed by atoms with Gasteiger partial charge in [-0.1, -0.05) is 25.1 Å². The lowest BCUT2D eigenvalue weighted by atomic mass is 10.0. The van der Waals surface area contributed by atoms with E-state index in [4.69, 9.17) is 0 Å². The van der Waals surface area contributed by atoms with Crippen LogP contribution in [0.2, 0.25) is 0 Å². The zero-order valence-electron chi connectivity index (χ0n) is 9.89. The molecule has 16 heavy (non-hydrogen) atoms. The van der Waals surface area contributed by atoms with Crippen molar-refractivity contribution in [1.29, 1.82) is 0 Å². The van der Waals surface area contributed by atoms with Crippen molar-refractivity contribution < 1.29 is 4.39 Å². The largest absolute Gasteiger partial charge is 0.309 e. The van der Waals surface area contributed by atoms with Crippen LogP contribution in [0.25, 0.3) is 0 Å². The molecule has 0 heterocycles. The zero-order valence-corrected chi connectivity index (χ0v) is 9.89. The number of nitrogens with one attached hydrogen (secondary N) is 1. The van der Waals surface area contributed by atoms with E-state index in [-0.39, 0.29) is 11.9 Å². The minimum absolute atomic E-state index is 0.0832. The molecule has 1 N–H and O–H groups in total. The first-order valence-electron chi connectivity index (χ1n) is 5.67. The van der Waals surface area contributed by atoms with E-state index in [9.17, 15) is 4.39 Å². The van der Waals surface area contributed by atoms with Crippen LogP contribution >= 0.6 is 0 Å². The van der Waals surface area contributed by atoms with E-state index in [0.29, 0.717) is 0 Å². The summed E-state index contributed by atoms with van der Waals surface area (Å²) in [5.41, 5.74) is 0.745. The van der Waals surface area contributed by atoms with E-state index in [1.54, 1.807) is 6.07 Å². The fourth-order valence-corrected chi connectivity index (χ4v) is 1.67. The van der Waals surface area contributed by atoms with Gasteiger partial charge in [-0.2, -0.15) is 0 Å². The van der Waals surface area contributed by atoms with E-state index < -0.39 is 0 Å². The van der Waals surface area contributed by atoms with Crippen LogP contribution in [0.3, 0.4) is 0 Å². The van der Waals surface area contributed by atoms with Crippen molar-refractivity contribution in [3.8, 4) is 11.8 Å². The second-order valence-electron chi connectivity index (χ2n) is 3.61. The van der Waals surface area contributed by atoms with Gasteiger partial charge in [0.1, 0.15) is 5.82 Å². The van der Waals surface area contributed by atoms with Crippen LogP contribution in [0.15, 0.2) is 24.3 Å². The number of rotatable bonds is 5. The van der Waals surface area contributed by atoms with Crippen LogP contribution in [0.4, 0.5) is 4.39 Å². The van der Waals surface area contributed by atoms with Gasteiger partial charge in [0, 0.05) is 24.6 Å². The fourth-order valence-electron chi connectivity index (χ4n) is 1.67. The summed E-state index contributed by atoms with van der Waals surface area (Å²) in [6.45, 7) is 4.68. The molecule has 0 saturated heterocycles. The van der Waals surface area contributed by atoms with E-state index in [0.717, 1.165) is 24.9 Å². The van der Waals surface area contributed by atoms with E-state index in [1.807, 2.05) is 19.1 Å². The summed E-state index contributed by atoms with van der Waals surface area (Å²) < 4.78 is 13.5. The van der Waals surface area contributed by atoms with E-state index in [1.165, 1.54) is 6.07 Å². The standard InChI is InChI=1S/C14H18FN/c1-3-5-8-11-16-14(4-2)12-9-6-7-10-13(12)15/h6-7,9-10,14,16H,4,8,11H2,1-2H3. The number of benzene rings is 1. The average Bonchev–Trinajstić information content (AvgIpc) is 2.31. The van der Waals surface area contributed by atoms with Gasteiger partial charge in [-0.15, -0.1) is 11.8 Å². The molecular formula is C14H18FN. The first-order chi connectivity index (χ1) is 7.79. The summed E-state index contributed by atoms with van der Waals surface area (Å²) in [6.07, 6.45) is 1.68. The molecule has 0 spiro atoms. The van der Waals surface area contributed by atoms with Gasteiger partial charge in [0.25, 0.3) is 0 Å². The number of hydrogen-bond donors (Lipinski definition) is 1. The molecule has 0 aliphatic carbocycles. The molecular weight excluding hydrogens is 201 g/mol. The highest BCUT2D eigenvalue weighted by atomic mass is 19.1. The van der Waals surface area contributed by atoms with E-state index >= 15 is 0 Å². The normalized spacial score (nSPS) is 11.7. The molecule has 0 saturated carbocycles. The van der Waals surface area contributed by atoms with Gasteiger partial charge in [0.2, 0.25) is 0 Å². The predicted molar refractivity (Wildman–Crippen MR) is 65.5 cm³/mol. The number of hydrogen-bond acceptors (Lipinski definition) is 1. The van der Waals surface area contributed by atoms with E-state index in [2.05, 4.69) is 24.1 Å². The highest BCUT2D eigenvalue weighted by Gasteiger charge is 2.11. The van der Waals surface area contributed by atoms with Crippen molar-refractivity contribution in [2.75, 3.05) is 6.54 Å². The maximum Gasteiger partial charge on any atom is 0.127 e. The smallest absolute Gasteiger partial charge is 0.127 e. The molecule has 1 unspecified atom stereocenters. The monoisotopic (exact) mass is 219 g/mol. The summed E-state index contributed by atoms with van der Waals surface area (Å²) in [5, 5.41) is 3.32. The summed E-state index contributed by atoms with van der Waals surface area (Å²) in [7, 11) is 0. The van der Waals surface area contributed by atoms with Gasteiger partial charge in [-0.3, -0.25) is 0 Å². The van der Waals surface area contributed by atoms with Crippen molar-refractivity contribution in [1.82, 2.24) is 5.32 Å². The Morgan fingerprint density at radius 2 is 2.12 bits per heavy atom. The summed E-state index contributed by atoms with van der Waals surface area (Å²) in [5.74, 6) is 5.70. The van der Waals surface area contributed by atoms with Crippen LogP contribution in [0, 0.1) is 17.7 Å². The van der Waals surface area contributed by atoms with Crippen LogP contribution < -0.4 is 5.32 Å². The van der Waals surface area contributed by atoms with Crippen molar-refractivity contribution in [3.63, 3.8) is 0 Å². The molecule has 1 nitrogen and oxygen atoms in total. The molecule has 0 amide bonds. The van der Waals surface area contributed by atoms with Gasteiger partial charge >= 0.3 is 0 Å². The molecule has 1 aromatic carbocycles. The lowest BCUT2D eigenvalue weighted by molar-refractivity contribution is 0.494. The third-order valence-corrected chi connectivity index (χ3v) is 2.51. The molecule has 0 aliphatic rings. The second kappa shape index (κ2) is 7.03. The summed E-state index contributed by atoms with van der Waals surface area (Å²) in [6, 6.07) is 7.01. The Bertz CT molecular complexity index is 376. The Morgan fingerprint density at radius 1 is 1.38 bits per heavy atom. The van der Waals surface area contributed by atoms with Crippen LogP contribution in [-0.2, 0) is 0 Å². The first kappa shape index (κ1) is 12.7. The molecule has 1 aromatic rings. The molecule has 86 valence electrons. The highest BCUT2D eigenvalue weighted by Crippen LogP contribution is 2.19. The van der Waals surface area contributed by atoms with Gasteiger partial charge in [0.05, 0.1) is 0 Å². The Balaban J connectivity index is 2.59. The van der Waals surface area contributed by atoms with Crippen molar-refractivity contribution >= 4 is 0 Å². The topological polar surface area (TPSA) is 12.0 Å². The van der Waals surface area contributed by atoms with Gasteiger partial charge in [-0.05, 0) is 19.4 Å². The van der Waals surface area contributed by atoms with Crippen molar-refractivity contribution in [2.24, 2.45) is 0 Å². The maximum atomic E-state index is 13.5. The van der Waals surface area contributed by atoms with Gasteiger partial charge in [-0.25, -0.2) is 4.39 Å². The predicted octanol–water partition coefficient (Wildman–Crippen LogP) is 3.28. The van der Waals surface area contributed by atoms with Crippen LogP contribution in [0.1, 0.15) is 38.3 Å². The summed E-state index contributed by atoms with van der Waals surface area (Å²) >= 11 is 0. The molecule has 0 aromatic heterocycles. The average molecular weight is 219 g/mol. The lowest BCUT2D eigenvalue weighted by Gasteiger charge is -2.17. The highest BCUT2D eigenvalue weighted by molar-refractivity contribution is 5.21. The summed E-state index contributed by atoms with van der Waals surface area (Å²) in [4.78, 5) is 0. The van der Waals surface area contributed by atoms with Crippen LogP contribution in [-0.4, -0.2) is 6.54 Å². The SMILES string of the molecule is CC#CCCNC(CC)c1ccccc1F. The first-order valence-corrected chi connectivity index (χ1v) is 5.67. The zero-order chi connectivity index (χ0) is 11.8. The van der Waals surface area contributed by atoms with Crippen molar-refractivity contribution in [3.05, 3.63) is 35.6 Å². The minimum atomic E-state index is -0.136. The second-order valence-corrected chi connectivity index (χ2v) is 3.61. The lowest BCUT2D eigenvalue weighted by Crippen LogP contribution is -2.22. The Hall–Kier alpha value is -1.33.